The van der Waals surface area contributed by atoms with Gasteiger partial charge in [-0.2, -0.15) is 4.98 Å². The molecule has 0 fully saturated rings. The van der Waals surface area contributed by atoms with E-state index in [0.29, 0.717) is 30.4 Å². The number of methoxy groups -OCH3 is 1. The van der Waals surface area contributed by atoms with Gasteiger partial charge in [0.25, 0.3) is 0 Å². The Bertz CT molecular complexity index is 804. The zero-order valence-electron chi connectivity index (χ0n) is 12.7. The van der Waals surface area contributed by atoms with E-state index in [1.54, 1.807) is 13.3 Å². The summed E-state index contributed by atoms with van der Waals surface area (Å²) in [6.45, 7) is 1.14. The predicted molar refractivity (Wildman–Crippen MR) is 88.6 cm³/mol. The molecule has 7 nitrogen and oxygen atoms in total. The number of hydrogen-bond acceptors (Lipinski definition) is 7. The molecule has 2 heterocycles. The van der Waals surface area contributed by atoms with E-state index in [1.165, 1.54) is 6.33 Å². The van der Waals surface area contributed by atoms with E-state index in [0.717, 1.165) is 10.9 Å². The lowest BCUT2D eigenvalue weighted by Crippen LogP contribution is -2.11. The molecule has 0 amide bonds. The van der Waals surface area contributed by atoms with Crippen molar-refractivity contribution in [2.24, 2.45) is 0 Å². The van der Waals surface area contributed by atoms with Crippen molar-refractivity contribution < 1.29 is 9.47 Å². The zero-order chi connectivity index (χ0) is 16.1. The molecule has 0 radical (unpaired) electrons. The van der Waals surface area contributed by atoms with Crippen LogP contribution in [-0.4, -0.2) is 35.2 Å². The van der Waals surface area contributed by atoms with Crippen molar-refractivity contribution in [2.75, 3.05) is 31.3 Å². The Labute approximate surface area is 133 Å². The second kappa shape index (κ2) is 6.89. The van der Waals surface area contributed by atoms with Gasteiger partial charge in [-0.25, -0.2) is 4.98 Å². The van der Waals surface area contributed by atoms with E-state index in [4.69, 9.17) is 15.2 Å². The fourth-order valence-corrected chi connectivity index (χ4v) is 2.14. The van der Waals surface area contributed by atoms with Crippen LogP contribution in [0.15, 0.2) is 42.9 Å². The highest BCUT2D eigenvalue weighted by molar-refractivity contribution is 5.84. The summed E-state index contributed by atoms with van der Waals surface area (Å²) in [4.78, 5) is 12.6. The van der Waals surface area contributed by atoms with Crippen LogP contribution in [0.5, 0.6) is 11.6 Å². The topological polar surface area (TPSA) is 95.2 Å². The normalized spacial score (nSPS) is 10.7. The molecule has 0 aliphatic rings. The Morgan fingerprint density at radius 1 is 1.13 bits per heavy atom. The molecule has 0 bridgehead atoms. The van der Waals surface area contributed by atoms with E-state index in [2.05, 4.69) is 20.3 Å². The van der Waals surface area contributed by atoms with Gasteiger partial charge in [0, 0.05) is 25.2 Å². The number of nitrogens with one attached hydrogen (secondary N) is 1. The molecule has 3 aromatic rings. The molecule has 2 aromatic heterocycles. The lowest BCUT2D eigenvalue weighted by atomic mass is 10.2. The van der Waals surface area contributed by atoms with Crippen LogP contribution in [0.3, 0.4) is 0 Å². The largest absolute Gasteiger partial charge is 0.435 e. The summed E-state index contributed by atoms with van der Waals surface area (Å²) in [7, 11) is 1.63. The standard InChI is InChI=1S/C16H17N5O2/c1-22-9-8-19-15-13(17)16(21-10-20-15)23-12-6-2-4-11-5-3-7-18-14(11)12/h2-7,10H,8-9,17H2,1H3,(H,19,20,21). The van der Waals surface area contributed by atoms with Crippen LogP contribution < -0.4 is 15.8 Å². The predicted octanol–water partition coefficient (Wildman–Crippen LogP) is 2.46. The maximum atomic E-state index is 6.08. The minimum Gasteiger partial charge on any atom is -0.435 e. The molecule has 7 heteroatoms. The number of pyridine rings is 1. The summed E-state index contributed by atoms with van der Waals surface area (Å²) in [6, 6.07) is 9.54. The first-order valence-corrected chi connectivity index (χ1v) is 7.14. The molecule has 0 saturated carbocycles. The Morgan fingerprint density at radius 2 is 2.00 bits per heavy atom. The van der Waals surface area contributed by atoms with Crippen LogP contribution in [0.4, 0.5) is 11.5 Å². The van der Waals surface area contributed by atoms with Gasteiger partial charge in [-0.1, -0.05) is 18.2 Å². The number of nitrogens with two attached hydrogens (primary N) is 1. The van der Waals surface area contributed by atoms with E-state index in [1.807, 2.05) is 30.3 Å². The first-order valence-electron chi connectivity index (χ1n) is 7.14. The van der Waals surface area contributed by atoms with Crippen molar-refractivity contribution in [1.29, 1.82) is 0 Å². The molecule has 0 saturated heterocycles. The molecule has 3 N–H and O–H groups in total. The molecule has 0 aliphatic carbocycles. The maximum absolute atomic E-state index is 6.08. The Kier molecular flexibility index (Phi) is 4.49. The number of fused-ring (bicyclic) bond motifs is 1. The van der Waals surface area contributed by atoms with Gasteiger partial charge in [0.05, 0.1) is 6.61 Å². The van der Waals surface area contributed by atoms with Crippen LogP contribution in [-0.2, 0) is 4.74 Å². The van der Waals surface area contributed by atoms with Crippen LogP contribution in [0.2, 0.25) is 0 Å². The zero-order valence-corrected chi connectivity index (χ0v) is 12.7. The molecule has 0 unspecified atom stereocenters. The maximum Gasteiger partial charge on any atom is 0.248 e. The lowest BCUT2D eigenvalue weighted by Gasteiger charge is -2.12. The molecular weight excluding hydrogens is 294 g/mol. The molecule has 118 valence electrons. The number of ether oxygens (including phenoxy) is 2. The molecule has 0 atom stereocenters. The molecular formula is C16H17N5O2. The van der Waals surface area contributed by atoms with E-state index in [9.17, 15) is 0 Å². The quantitative estimate of drug-likeness (QED) is 0.675. The van der Waals surface area contributed by atoms with Crippen molar-refractivity contribution in [2.45, 2.75) is 0 Å². The van der Waals surface area contributed by atoms with Gasteiger partial charge >= 0.3 is 0 Å². The number of rotatable bonds is 6. The van der Waals surface area contributed by atoms with Crippen molar-refractivity contribution in [3.63, 3.8) is 0 Å². The highest BCUT2D eigenvalue weighted by atomic mass is 16.5. The molecule has 23 heavy (non-hydrogen) atoms. The summed E-state index contributed by atoms with van der Waals surface area (Å²) in [5, 5.41) is 4.06. The number of nitrogen functional groups attached to an aromatic ring is 1. The van der Waals surface area contributed by atoms with Crippen molar-refractivity contribution >= 4 is 22.4 Å². The summed E-state index contributed by atoms with van der Waals surface area (Å²) in [5.41, 5.74) is 7.18. The smallest absolute Gasteiger partial charge is 0.248 e. The summed E-state index contributed by atoms with van der Waals surface area (Å²) in [6.07, 6.45) is 3.12. The first-order chi connectivity index (χ1) is 11.3. The number of aromatic nitrogens is 3. The van der Waals surface area contributed by atoms with Crippen LogP contribution in [0.25, 0.3) is 10.9 Å². The number of nitrogens with zero attached hydrogens (tertiary/aromatic N) is 3. The highest BCUT2D eigenvalue weighted by Gasteiger charge is 2.12. The third kappa shape index (κ3) is 3.29. The Hall–Kier alpha value is -2.93. The number of benzene rings is 1. The van der Waals surface area contributed by atoms with Crippen LogP contribution >= 0.6 is 0 Å². The monoisotopic (exact) mass is 311 g/mol. The van der Waals surface area contributed by atoms with Gasteiger partial charge in [-0.15, -0.1) is 0 Å². The van der Waals surface area contributed by atoms with Crippen molar-refractivity contribution in [3.8, 4) is 11.6 Å². The van der Waals surface area contributed by atoms with Crippen molar-refractivity contribution in [3.05, 3.63) is 42.9 Å². The summed E-state index contributed by atoms with van der Waals surface area (Å²) >= 11 is 0. The van der Waals surface area contributed by atoms with E-state index in [-0.39, 0.29) is 5.88 Å². The number of hydrogen-bond donors (Lipinski definition) is 2. The Morgan fingerprint density at radius 3 is 2.87 bits per heavy atom. The van der Waals surface area contributed by atoms with Gasteiger partial charge in [-0.05, 0) is 12.1 Å². The van der Waals surface area contributed by atoms with Gasteiger partial charge in [0.15, 0.2) is 11.6 Å². The van der Waals surface area contributed by atoms with Gasteiger partial charge in [0.1, 0.15) is 17.5 Å². The Balaban J connectivity index is 1.89. The summed E-state index contributed by atoms with van der Waals surface area (Å²) in [5.74, 6) is 1.40. The molecule has 1 aromatic carbocycles. The SMILES string of the molecule is COCCNc1ncnc(Oc2cccc3cccnc23)c1N. The fraction of sp³-hybridized carbons (Fsp3) is 0.188. The minimum atomic E-state index is 0.290. The third-order valence-electron chi connectivity index (χ3n) is 3.25. The summed E-state index contributed by atoms with van der Waals surface area (Å²) < 4.78 is 10.9. The molecule has 0 spiro atoms. The van der Waals surface area contributed by atoms with Gasteiger partial charge < -0.3 is 20.5 Å². The van der Waals surface area contributed by atoms with E-state index >= 15 is 0 Å². The van der Waals surface area contributed by atoms with Crippen LogP contribution in [0.1, 0.15) is 0 Å². The number of anilines is 2. The molecule has 3 rings (SSSR count). The van der Waals surface area contributed by atoms with Gasteiger partial charge in [-0.3, -0.25) is 4.98 Å². The lowest BCUT2D eigenvalue weighted by molar-refractivity contribution is 0.210. The highest BCUT2D eigenvalue weighted by Crippen LogP contribution is 2.32. The first kappa shape index (κ1) is 15.0. The second-order valence-corrected chi connectivity index (χ2v) is 4.79. The fourth-order valence-electron chi connectivity index (χ4n) is 2.14. The minimum absolute atomic E-state index is 0.290. The van der Waals surface area contributed by atoms with Gasteiger partial charge in [0.2, 0.25) is 5.88 Å². The third-order valence-corrected chi connectivity index (χ3v) is 3.25. The average molecular weight is 311 g/mol. The van der Waals surface area contributed by atoms with E-state index < -0.39 is 0 Å². The average Bonchev–Trinajstić information content (AvgIpc) is 2.58. The van der Waals surface area contributed by atoms with Crippen molar-refractivity contribution in [1.82, 2.24) is 15.0 Å². The second-order valence-electron chi connectivity index (χ2n) is 4.79. The molecule has 0 aliphatic heterocycles. The van der Waals surface area contributed by atoms with Crippen LogP contribution in [0, 0.1) is 0 Å². The number of para-hydroxylation sites is 1.